The number of alkyl carbamates (subject to hydrolysis) is 1. The molecule has 10 heteroatoms. The molecule has 252 valence electrons. The van der Waals surface area contributed by atoms with E-state index in [1.165, 1.54) is 0 Å². The van der Waals surface area contributed by atoms with Gasteiger partial charge < -0.3 is 34.7 Å². The highest BCUT2D eigenvalue weighted by Gasteiger charge is 2.34. The number of carbonyl (C=O) groups is 2. The van der Waals surface area contributed by atoms with Gasteiger partial charge in [0.1, 0.15) is 11.4 Å². The van der Waals surface area contributed by atoms with Crippen molar-refractivity contribution in [1.29, 1.82) is 0 Å². The Bertz CT molecular complexity index is 1010. The minimum atomic E-state index is -0.957. The maximum absolute atomic E-state index is 13.4. The standard InChI is InChI=1S/C34H57ClN2O7/c1-22(2)25(18-24-10-11-28(35)31(19-24)43-15-9-14-41-8)20-29(37-33(40)44-34(5,6)7)30(38)21-27(23(3)4)32(39)36-26-12-16-42-17-13-26/h10-11,19,22-23,25-27,29-30,38H,9,12-18,20-21H2,1-8H3,(H,36,39)(H,37,40). The van der Waals surface area contributed by atoms with Gasteiger partial charge in [0.25, 0.3) is 0 Å². The van der Waals surface area contributed by atoms with Crippen LogP contribution in [0.25, 0.3) is 0 Å². The van der Waals surface area contributed by atoms with Gasteiger partial charge in [0.15, 0.2) is 0 Å². The molecular weight excluding hydrogens is 584 g/mol. The van der Waals surface area contributed by atoms with Gasteiger partial charge in [-0.1, -0.05) is 45.4 Å². The molecule has 4 atom stereocenters. The number of hydrogen-bond acceptors (Lipinski definition) is 7. The molecule has 2 rings (SSSR count). The summed E-state index contributed by atoms with van der Waals surface area (Å²) in [7, 11) is 1.66. The van der Waals surface area contributed by atoms with Crippen molar-refractivity contribution in [2.45, 2.75) is 111 Å². The maximum atomic E-state index is 13.4. The molecule has 9 nitrogen and oxygen atoms in total. The molecular formula is C34H57ClN2O7. The number of aliphatic hydroxyl groups excluding tert-OH is 1. The van der Waals surface area contributed by atoms with E-state index < -0.39 is 29.8 Å². The minimum absolute atomic E-state index is 0.00365. The highest BCUT2D eigenvalue weighted by molar-refractivity contribution is 6.32. The van der Waals surface area contributed by atoms with Crippen LogP contribution in [0.15, 0.2) is 18.2 Å². The number of methoxy groups -OCH3 is 1. The smallest absolute Gasteiger partial charge is 0.407 e. The first kappa shape index (κ1) is 38.1. The zero-order valence-corrected chi connectivity index (χ0v) is 28.9. The lowest BCUT2D eigenvalue weighted by Crippen LogP contribution is -2.49. The first-order valence-electron chi connectivity index (χ1n) is 16.2. The van der Waals surface area contributed by atoms with Crippen molar-refractivity contribution in [2.75, 3.05) is 33.5 Å². The molecule has 0 bridgehead atoms. The van der Waals surface area contributed by atoms with Crippen molar-refractivity contribution >= 4 is 23.6 Å². The Hall–Kier alpha value is -2.07. The van der Waals surface area contributed by atoms with Gasteiger partial charge in [-0.05, 0) is 88.3 Å². The van der Waals surface area contributed by atoms with Crippen molar-refractivity contribution in [3.63, 3.8) is 0 Å². The van der Waals surface area contributed by atoms with Gasteiger partial charge in [0.2, 0.25) is 5.91 Å². The fourth-order valence-corrected chi connectivity index (χ4v) is 5.59. The molecule has 4 unspecified atom stereocenters. The predicted octanol–water partition coefficient (Wildman–Crippen LogP) is 6.17. The third kappa shape index (κ3) is 13.9. The lowest BCUT2D eigenvalue weighted by atomic mass is 9.80. The summed E-state index contributed by atoms with van der Waals surface area (Å²) in [5, 5.41) is 18.3. The molecule has 1 aliphatic heterocycles. The average molecular weight is 641 g/mol. The van der Waals surface area contributed by atoms with E-state index in [2.05, 4.69) is 24.5 Å². The van der Waals surface area contributed by atoms with Crippen LogP contribution in [-0.4, -0.2) is 74.4 Å². The zero-order chi connectivity index (χ0) is 32.9. The van der Waals surface area contributed by atoms with Crippen molar-refractivity contribution in [3.8, 4) is 5.75 Å². The second-order valence-electron chi connectivity index (χ2n) is 13.7. The van der Waals surface area contributed by atoms with Crippen LogP contribution in [0, 0.1) is 23.7 Å². The van der Waals surface area contributed by atoms with E-state index >= 15 is 0 Å². The second-order valence-corrected chi connectivity index (χ2v) is 14.1. The lowest BCUT2D eigenvalue weighted by Gasteiger charge is -2.33. The molecule has 1 aliphatic rings. The van der Waals surface area contributed by atoms with Crippen LogP contribution < -0.4 is 15.4 Å². The molecule has 0 radical (unpaired) electrons. The Morgan fingerprint density at radius 3 is 2.34 bits per heavy atom. The summed E-state index contributed by atoms with van der Waals surface area (Å²) in [4.78, 5) is 26.3. The summed E-state index contributed by atoms with van der Waals surface area (Å²) in [5.41, 5.74) is 0.362. The van der Waals surface area contributed by atoms with Gasteiger partial charge in [-0.3, -0.25) is 4.79 Å². The summed E-state index contributed by atoms with van der Waals surface area (Å²) in [6.07, 6.45) is 2.18. The van der Waals surface area contributed by atoms with Gasteiger partial charge in [-0.15, -0.1) is 0 Å². The summed E-state index contributed by atoms with van der Waals surface area (Å²) in [5.74, 6) is 0.486. The van der Waals surface area contributed by atoms with E-state index in [0.717, 1.165) is 24.8 Å². The van der Waals surface area contributed by atoms with Crippen LogP contribution in [0.4, 0.5) is 4.79 Å². The van der Waals surface area contributed by atoms with E-state index in [0.29, 0.717) is 50.0 Å². The van der Waals surface area contributed by atoms with Crippen molar-refractivity contribution in [3.05, 3.63) is 28.8 Å². The molecule has 0 aliphatic carbocycles. The first-order chi connectivity index (χ1) is 20.7. The summed E-state index contributed by atoms with van der Waals surface area (Å²) in [6.45, 7) is 16.0. The van der Waals surface area contributed by atoms with Gasteiger partial charge in [0.05, 0.1) is 23.8 Å². The number of halogens is 1. The van der Waals surface area contributed by atoms with Crippen LogP contribution in [0.5, 0.6) is 5.75 Å². The molecule has 2 amide bonds. The highest BCUT2D eigenvalue weighted by atomic mass is 35.5. The third-order valence-electron chi connectivity index (χ3n) is 8.11. The average Bonchev–Trinajstić information content (AvgIpc) is 2.93. The van der Waals surface area contributed by atoms with Crippen molar-refractivity contribution in [2.24, 2.45) is 23.7 Å². The monoisotopic (exact) mass is 640 g/mol. The maximum Gasteiger partial charge on any atom is 0.407 e. The first-order valence-corrected chi connectivity index (χ1v) is 16.5. The molecule has 0 spiro atoms. The molecule has 3 N–H and O–H groups in total. The number of benzene rings is 1. The molecule has 1 aromatic carbocycles. The van der Waals surface area contributed by atoms with Crippen molar-refractivity contribution < 1.29 is 33.6 Å². The van der Waals surface area contributed by atoms with Gasteiger partial charge >= 0.3 is 6.09 Å². The van der Waals surface area contributed by atoms with Gasteiger partial charge in [-0.25, -0.2) is 4.79 Å². The van der Waals surface area contributed by atoms with Gasteiger partial charge in [0, 0.05) is 45.3 Å². The Balaban J connectivity index is 2.23. The number of nitrogens with one attached hydrogen (secondary N) is 2. The fraction of sp³-hybridized carbons (Fsp3) is 0.765. The molecule has 1 fully saturated rings. The lowest BCUT2D eigenvalue weighted by molar-refractivity contribution is -0.129. The zero-order valence-electron chi connectivity index (χ0n) is 28.1. The minimum Gasteiger partial charge on any atom is -0.492 e. The Kier molecular flexibility index (Phi) is 16.3. The molecule has 1 aromatic rings. The number of carbonyl (C=O) groups excluding carboxylic acids is 2. The number of rotatable bonds is 17. The molecule has 44 heavy (non-hydrogen) atoms. The number of aliphatic hydroxyl groups is 1. The number of ether oxygens (including phenoxy) is 4. The summed E-state index contributed by atoms with van der Waals surface area (Å²) < 4.78 is 22.0. The number of amides is 2. The Morgan fingerprint density at radius 1 is 1.07 bits per heavy atom. The summed E-state index contributed by atoms with van der Waals surface area (Å²) in [6, 6.07) is 5.25. The quantitative estimate of drug-likeness (QED) is 0.174. The van der Waals surface area contributed by atoms with Crippen LogP contribution in [0.3, 0.4) is 0 Å². The fourth-order valence-electron chi connectivity index (χ4n) is 5.42. The van der Waals surface area contributed by atoms with E-state index in [-0.39, 0.29) is 36.1 Å². The molecule has 0 aromatic heterocycles. The van der Waals surface area contributed by atoms with Crippen LogP contribution in [0.2, 0.25) is 5.02 Å². The Morgan fingerprint density at radius 2 is 1.75 bits per heavy atom. The predicted molar refractivity (Wildman–Crippen MR) is 174 cm³/mol. The molecule has 1 saturated heterocycles. The van der Waals surface area contributed by atoms with E-state index in [9.17, 15) is 14.7 Å². The topological polar surface area (TPSA) is 115 Å². The second kappa shape index (κ2) is 18.8. The largest absolute Gasteiger partial charge is 0.492 e. The van der Waals surface area contributed by atoms with Crippen LogP contribution in [-0.2, 0) is 25.4 Å². The SMILES string of the molecule is COCCCOc1cc(CC(CC(NC(=O)OC(C)(C)C)C(O)CC(C(=O)NC2CCOCC2)C(C)C)C(C)C)ccc1Cl. The van der Waals surface area contributed by atoms with E-state index in [1.54, 1.807) is 27.9 Å². The summed E-state index contributed by atoms with van der Waals surface area (Å²) >= 11 is 6.42. The van der Waals surface area contributed by atoms with Gasteiger partial charge in [-0.2, -0.15) is 0 Å². The van der Waals surface area contributed by atoms with Crippen molar-refractivity contribution in [1.82, 2.24) is 10.6 Å². The van der Waals surface area contributed by atoms with E-state index in [1.807, 2.05) is 32.0 Å². The van der Waals surface area contributed by atoms with E-state index in [4.69, 9.17) is 30.5 Å². The normalized spacial score (nSPS) is 17.2. The third-order valence-corrected chi connectivity index (χ3v) is 8.43. The highest BCUT2D eigenvalue weighted by Crippen LogP contribution is 2.31. The molecule has 1 heterocycles. The van der Waals surface area contributed by atoms with Crippen LogP contribution in [0.1, 0.15) is 86.1 Å². The Labute approximate surface area is 270 Å². The molecule has 0 saturated carbocycles. The number of hydrogen-bond donors (Lipinski definition) is 3. The van der Waals surface area contributed by atoms with Crippen LogP contribution >= 0.6 is 11.6 Å².